The topological polar surface area (TPSA) is 74.8 Å². The maximum Gasteiger partial charge on any atom is 0.226 e. The molecule has 0 spiro atoms. The first-order valence-electron chi connectivity index (χ1n) is 5.64. The fourth-order valence-electron chi connectivity index (χ4n) is 1.26. The molecule has 94 valence electrons. The molecular weight excluding hydrogens is 218 g/mol. The van der Waals surface area contributed by atoms with E-state index in [-0.39, 0.29) is 29.9 Å². The van der Waals surface area contributed by atoms with E-state index >= 15 is 0 Å². The van der Waals surface area contributed by atoms with Gasteiger partial charge in [-0.3, -0.25) is 9.89 Å². The van der Waals surface area contributed by atoms with Gasteiger partial charge in [-0.15, -0.1) is 0 Å². The molecule has 0 unspecified atom stereocenters. The van der Waals surface area contributed by atoms with Crippen LogP contribution in [0.5, 0.6) is 0 Å². The molecule has 1 aromatic rings. The fraction of sp³-hybridized carbons (Fsp3) is 0.583. The Morgan fingerprint density at radius 3 is 2.47 bits per heavy atom. The van der Waals surface area contributed by atoms with Crippen LogP contribution in [0.3, 0.4) is 0 Å². The second-order valence-corrected chi connectivity index (χ2v) is 5.17. The minimum absolute atomic E-state index is 0.0116. The molecule has 0 atom stereocenters. The summed E-state index contributed by atoms with van der Waals surface area (Å²) in [5.41, 5.74) is 0.925. The van der Waals surface area contributed by atoms with Gasteiger partial charge in [0, 0.05) is 30.0 Å². The molecule has 0 fully saturated rings. The molecule has 0 aromatic carbocycles. The van der Waals surface area contributed by atoms with E-state index in [1.807, 2.05) is 6.07 Å². The van der Waals surface area contributed by atoms with Crippen LogP contribution in [0.1, 0.15) is 46.2 Å². The second-order valence-electron chi connectivity index (χ2n) is 5.17. The molecule has 0 saturated heterocycles. The Hall–Kier alpha value is -1.65. The van der Waals surface area contributed by atoms with Crippen molar-refractivity contribution in [1.29, 1.82) is 0 Å². The maximum atomic E-state index is 11.5. The van der Waals surface area contributed by atoms with Crippen LogP contribution in [0.25, 0.3) is 0 Å². The average Bonchev–Trinajstić information content (AvgIpc) is 2.62. The zero-order valence-electron chi connectivity index (χ0n) is 10.8. The van der Waals surface area contributed by atoms with Gasteiger partial charge in [-0.25, -0.2) is 0 Å². The summed E-state index contributed by atoms with van der Waals surface area (Å²) < 4.78 is 0. The van der Waals surface area contributed by atoms with Gasteiger partial charge >= 0.3 is 0 Å². The number of H-pyrrole nitrogens is 1. The van der Waals surface area contributed by atoms with Crippen LogP contribution in [-0.4, -0.2) is 21.9 Å². The Morgan fingerprint density at radius 1 is 1.35 bits per heavy atom. The molecule has 0 aliphatic carbocycles. The number of carbonyl (C=O) groups excluding carboxylic acids is 2. The van der Waals surface area contributed by atoms with Crippen LogP contribution in [0, 0.1) is 0 Å². The summed E-state index contributed by atoms with van der Waals surface area (Å²) in [6, 6.07) is 1.81. The van der Waals surface area contributed by atoms with Gasteiger partial charge in [0.05, 0.1) is 0 Å². The molecule has 1 aromatic heterocycles. The van der Waals surface area contributed by atoms with Gasteiger partial charge in [0.25, 0.3) is 0 Å². The Kier molecular flexibility index (Phi) is 4.04. The number of hydrogen-bond acceptors (Lipinski definition) is 3. The third-order valence-corrected chi connectivity index (χ3v) is 2.36. The first-order valence-corrected chi connectivity index (χ1v) is 5.64. The molecule has 1 amide bonds. The quantitative estimate of drug-likeness (QED) is 0.841. The van der Waals surface area contributed by atoms with Crippen molar-refractivity contribution in [3.05, 3.63) is 11.8 Å². The Bertz CT molecular complexity index is 416. The van der Waals surface area contributed by atoms with Crippen molar-refractivity contribution in [3.8, 4) is 0 Å². The van der Waals surface area contributed by atoms with Crippen LogP contribution >= 0.6 is 0 Å². The number of nitrogens with zero attached hydrogens (tertiary/aromatic N) is 1. The Morgan fingerprint density at radius 2 is 2.00 bits per heavy atom. The lowest BCUT2D eigenvalue weighted by molar-refractivity contribution is -0.121. The van der Waals surface area contributed by atoms with Crippen LogP contribution in [0.2, 0.25) is 0 Å². The number of carbonyl (C=O) groups is 2. The van der Waals surface area contributed by atoms with Gasteiger partial charge in [0.2, 0.25) is 5.91 Å². The number of aromatic amines is 1. The maximum absolute atomic E-state index is 11.5. The molecule has 5 nitrogen and oxygen atoms in total. The molecule has 0 radical (unpaired) electrons. The second kappa shape index (κ2) is 5.12. The molecule has 17 heavy (non-hydrogen) atoms. The van der Waals surface area contributed by atoms with Crippen LogP contribution < -0.4 is 5.32 Å². The molecule has 5 heteroatoms. The summed E-state index contributed by atoms with van der Waals surface area (Å²) in [6.07, 6.45) is 0.468. The van der Waals surface area contributed by atoms with E-state index in [4.69, 9.17) is 0 Å². The average molecular weight is 237 g/mol. The zero-order valence-corrected chi connectivity index (χ0v) is 10.8. The van der Waals surface area contributed by atoms with Crippen LogP contribution in [0.4, 0.5) is 5.82 Å². The summed E-state index contributed by atoms with van der Waals surface area (Å²) in [7, 11) is 0. The minimum atomic E-state index is -0.188. The summed E-state index contributed by atoms with van der Waals surface area (Å²) >= 11 is 0. The summed E-state index contributed by atoms with van der Waals surface area (Å²) in [5, 5.41) is 9.55. The highest BCUT2D eigenvalue weighted by Crippen LogP contribution is 2.21. The lowest BCUT2D eigenvalue weighted by Crippen LogP contribution is -2.13. The number of Topliss-reactive ketones (excluding diaryl/α,β-unsaturated/α-hetero) is 1. The minimum Gasteiger partial charge on any atom is -0.309 e. The lowest BCUT2D eigenvalue weighted by atomic mass is 9.92. The summed E-state index contributed by atoms with van der Waals surface area (Å²) in [4.78, 5) is 22.2. The van der Waals surface area contributed by atoms with Crippen molar-refractivity contribution >= 4 is 17.5 Å². The van der Waals surface area contributed by atoms with Crippen LogP contribution in [0.15, 0.2) is 6.07 Å². The molecule has 1 heterocycles. The van der Waals surface area contributed by atoms with E-state index < -0.39 is 0 Å². The van der Waals surface area contributed by atoms with Crippen molar-refractivity contribution in [3.63, 3.8) is 0 Å². The first-order chi connectivity index (χ1) is 7.79. The lowest BCUT2D eigenvalue weighted by Gasteiger charge is -2.14. The molecule has 0 aliphatic heterocycles. The van der Waals surface area contributed by atoms with Gasteiger partial charge in [0.15, 0.2) is 5.82 Å². The van der Waals surface area contributed by atoms with E-state index in [9.17, 15) is 9.59 Å². The number of anilines is 1. The standard InChI is InChI=1S/C12H19N3O2/c1-8(16)5-6-11(17)13-10-7-9(14-15-10)12(2,3)4/h7H,5-6H2,1-4H3,(H2,13,14,15,17). The monoisotopic (exact) mass is 237 g/mol. The number of ketones is 1. The van der Waals surface area contributed by atoms with Crippen molar-refractivity contribution in [1.82, 2.24) is 10.2 Å². The smallest absolute Gasteiger partial charge is 0.226 e. The van der Waals surface area contributed by atoms with Crippen molar-refractivity contribution in [2.24, 2.45) is 0 Å². The number of nitrogens with one attached hydrogen (secondary N) is 2. The van der Waals surface area contributed by atoms with Gasteiger partial charge < -0.3 is 10.1 Å². The molecule has 2 N–H and O–H groups in total. The molecule has 0 aliphatic rings. The Balaban J connectivity index is 2.55. The van der Waals surface area contributed by atoms with E-state index in [0.29, 0.717) is 5.82 Å². The van der Waals surface area contributed by atoms with Gasteiger partial charge in [-0.2, -0.15) is 5.10 Å². The summed E-state index contributed by atoms with van der Waals surface area (Å²) in [6.45, 7) is 7.64. The molecule has 1 rings (SSSR count). The third-order valence-electron chi connectivity index (χ3n) is 2.36. The van der Waals surface area contributed by atoms with Gasteiger partial charge in [-0.05, 0) is 6.92 Å². The SMILES string of the molecule is CC(=O)CCC(=O)Nc1cc(C(C)(C)C)[nH]n1. The van der Waals surface area contributed by atoms with Crippen LogP contribution in [-0.2, 0) is 15.0 Å². The third kappa shape index (κ3) is 4.38. The van der Waals surface area contributed by atoms with E-state index in [0.717, 1.165) is 5.69 Å². The highest BCUT2D eigenvalue weighted by atomic mass is 16.2. The zero-order chi connectivity index (χ0) is 13.1. The summed E-state index contributed by atoms with van der Waals surface area (Å²) in [5.74, 6) is 0.327. The largest absolute Gasteiger partial charge is 0.309 e. The highest BCUT2D eigenvalue weighted by molar-refractivity contribution is 5.92. The number of aromatic nitrogens is 2. The molecule has 0 saturated carbocycles. The normalized spacial score (nSPS) is 11.3. The fourth-order valence-corrected chi connectivity index (χ4v) is 1.26. The molecular formula is C12H19N3O2. The highest BCUT2D eigenvalue weighted by Gasteiger charge is 2.17. The predicted octanol–water partition coefficient (Wildman–Crippen LogP) is 2.01. The van der Waals surface area contributed by atoms with Gasteiger partial charge in [-0.1, -0.05) is 20.8 Å². The predicted molar refractivity (Wildman–Crippen MR) is 65.8 cm³/mol. The van der Waals surface area contributed by atoms with E-state index in [2.05, 4.69) is 36.3 Å². The number of hydrogen-bond donors (Lipinski definition) is 2. The Labute approximate surface area is 101 Å². The first kappa shape index (κ1) is 13.4. The van der Waals surface area contributed by atoms with Crippen molar-refractivity contribution < 1.29 is 9.59 Å². The van der Waals surface area contributed by atoms with E-state index in [1.54, 1.807) is 0 Å². The van der Waals surface area contributed by atoms with Crippen molar-refractivity contribution in [2.45, 2.75) is 46.0 Å². The number of amides is 1. The molecule has 0 bridgehead atoms. The number of rotatable bonds is 4. The van der Waals surface area contributed by atoms with Gasteiger partial charge in [0.1, 0.15) is 5.78 Å². The van der Waals surface area contributed by atoms with E-state index in [1.165, 1.54) is 6.92 Å². The van der Waals surface area contributed by atoms with Crippen molar-refractivity contribution in [2.75, 3.05) is 5.32 Å².